The number of hydrogen-bond donors (Lipinski definition) is 3. The second kappa shape index (κ2) is 10.1. The van der Waals surface area contributed by atoms with E-state index in [1.54, 1.807) is 0 Å². The molecule has 0 aromatic carbocycles. The van der Waals surface area contributed by atoms with E-state index in [1.807, 2.05) is 5.41 Å². The second-order valence-corrected chi connectivity index (χ2v) is 6.15. The molecule has 1 aliphatic rings. The Morgan fingerprint density at radius 3 is 2.62 bits per heavy atom. The molecule has 134 valence electrons. The highest BCUT2D eigenvalue weighted by atomic mass is 32.2. The number of allylic oxidation sites excluding steroid dienone is 1. The van der Waals surface area contributed by atoms with Crippen LogP contribution in [0.25, 0.3) is 0 Å². The Bertz CT molecular complexity index is 531. The number of nitrogens with one attached hydrogen (secondary N) is 1. The van der Waals surface area contributed by atoms with Gasteiger partial charge < -0.3 is 26.4 Å². The van der Waals surface area contributed by atoms with Crippen LogP contribution in [0, 0.1) is 0 Å². The van der Waals surface area contributed by atoms with Gasteiger partial charge in [0, 0.05) is 7.05 Å². The number of ether oxygens (including phenoxy) is 1. The van der Waals surface area contributed by atoms with E-state index in [0.717, 1.165) is 24.6 Å². The summed E-state index contributed by atoms with van der Waals surface area (Å²) in [6, 6.07) is -1.10. The lowest BCUT2D eigenvalue weighted by atomic mass is 10.3. The van der Waals surface area contributed by atoms with Crippen LogP contribution >= 0.6 is 11.8 Å². The summed E-state index contributed by atoms with van der Waals surface area (Å²) >= 11 is 1.07. The van der Waals surface area contributed by atoms with Crippen molar-refractivity contribution in [2.75, 3.05) is 33.3 Å². The molecule has 1 aliphatic carbocycles. The average Bonchev–Trinajstić information content (AvgIpc) is 3.39. The van der Waals surface area contributed by atoms with Gasteiger partial charge in [-0.25, -0.2) is 0 Å². The summed E-state index contributed by atoms with van der Waals surface area (Å²) < 4.78 is 4.63. The fourth-order valence-corrected chi connectivity index (χ4v) is 2.21. The van der Waals surface area contributed by atoms with Gasteiger partial charge in [-0.2, -0.15) is 0 Å². The lowest BCUT2D eigenvalue weighted by Crippen LogP contribution is -2.48. The van der Waals surface area contributed by atoms with Crippen LogP contribution in [-0.2, 0) is 23.9 Å². The molecular weight excluding hydrogens is 336 g/mol. The molecule has 24 heavy (non-hydrogen) atoms. The summed E-state index contributed by atoms with van der Waals surface area (Å²) in [5.74, 6) is -1.74. The van der Waals surface area contributed by atoms with E-state index in [0.29, 0.717) is 0 Å². The Morgan fingerprint density at radius 1 is 1.38 bits per heavy atom. The van der Waals surface area contributed by atoms with Crippen LogP contribution in [-0.4, -0.2) is 67.1 Å². The van der Waals surface area contributed by atoms with E-state index >= 15 is 0 Å². The number of nitrogens with zero attached hydrogens (tertiary/aromatic N) is 1. The highest BCUT2D eigenvalue weighted by Crippen LogP contribution is 2.30. The van der Waals surface area contributed by atoms with Gasteiger partial charge in [-0.3, -0.25) is 19.2 Å². The summed E-state index contributed by atoms with van der Waals surface area (Å²) in [7, 11) is 1.47. The van der Waals surface area contributed by atoms with Crippen LogP contribution < -0.4 is 16.8 Å². The third kappa shape index (κ3) is 8.09. The normalized spacial score (nSPS) is 13.7. The van der Waals surface area contributed by atoms with Crippen LogP contribution in [0.5, 0.6) is 0 Å². The minimum atomic E-state index is -1.10. The van der Waals surface area contributed by atoms with E-state index in [1.165, 1.54) is 17.5 Å². The maximum atomic E-state index is 11.9. The fourth-order valence-electron chi connectivity index (χ4n) is 1.40. The number of thioether (sulfide) groups is 1. The number of carbonyl (C=O) groups excluding carboxylic acids is 4. The molecule has 1 saturated carbocycles. The zero-order chi connectivity index (χ0) is 18.1. The zero-order valence-electron chi connectivity index (χ0n) is 13.4. The molecule has 1 atom stereocenters. The predicted octanol–water partition coefficient (Wildman–Crippen LogP) is -1.67. The number of likely N-dealkylation sites (N-methyl/N-ethyl adjacent to an activating group) is 1. The maximum absolute atomic E-state index is 11.9. The molecule has 1 rings (SSSR count). The monoisotopic (exact) mass is 358 g/mol. The SMILES string of the molecule is CN(CC(=O)SC=C1CC1)C(=O)CNC(=O)[C@@H](N)COC(=O)CN. The first kappa shape index (κ1) is 20.1. The molecule has 10 heteroatoms. The number of hydrogen-bond acceptors (Lipinski definition) is 8. The predicted molar refractivity (Wildman–Crippen MR) is 88.6 cm³/mol. The molecular formula is C14H22N4O5S. The summed E-state index contributed by atoms with van der Waals surface area (Å²) in [4.78, 5) is 47.3. The van der Waals surface area contributed by atoms with Crippen molar-refractivity contribution in [1.82, 2.24) is 10.2 Å². The molecule has 0 spiro atoms. The molecule has 1 fully saturated rings. The van der Waals surface area contributed by atoms with E-state index in [-0.39, 0.29) is 31.4 Å². The van der Waals surface area contributed by atoms with Gasteiger partial charge in [0.15, 0.2) is 0 Å². The number of nitrogens with two attached hydrogens (primary N) is 2. The van der Waals surface area contributed by atoms with E-state index in [2.05, 4.69) is 10.1 Å². The van der Waals surface area contributed by atoms with Crippen molar-refractivity contribution in [2.45, 2.75) is 18.9 Å². The van der Waals surface area contributed by atoms with Crippen molar-refractivity contribution < 1.29 is 23.9 Å². The minimum Gasteiger partial charge on any atom is -0.463 e. The lowest BCUT2D eigenvalue weighted by molar-refractivity contribution is -0.143. The number of rotatable bonds is 9. The molecule has 0 radical (unpaired) electrons. The molecule has 0 aliphatic heterocycles. The van der Waals surface area contributed by atoms with Crippen molar-refractivity contribution in [1.29, 1.82) is 0 Å². The first-order valence-corrected chi connectivity index (χ1v) is 8.21. The smallest absolute Gasteiger partial charge is 0.319 e. The number of amides is 2. The third-order valence-corrected chi connectivity index (χ3v) is 3.87. The van der Waals surface area contributed by atoms with Crippen molar-refractivity contribution in [3.63, 3.8) is 0 Å². The molecule has 0 unspecified atom stereocenters. The number of carbonyl (C=O) groups is 4. The van der Waals surface area contributed by atoms with Gasteiger partial charge in [0.2, 0.25) is 16.9 Å². The largest absolute Gasteiger partial charge is 0.463 e. The van der Waals surface area contributed by atoms with Crippen molar-refractivity contribution >= 4 is 34.7 Å². The second-order valence-electron chi connectivity index (χ2n) is 5.23. The van der Waals surface area contributed by atoms with Gasteiger partial charge in [0.1, 0.15) is 12.6 Å². The van der Waals surface area contributed by atoms with Crippen LogP contribution in [0.15, 0.2) is 11.0 Å². The first-order valence-electron chi connectivity index (χ1n) is 7.33. The van der Waals surface area contributed by atoms with Gasteiger partial charge in [-0.15, -0.1) is 0 Å². The average molecular weight is 358 g/mol. The molecule has 9 nitrogen and oxygen atoms in total. The van der Waals surface area contributed by atoms with E-state index in [9.17, 15) is 19.2 Å². The van der Waals surface area contributed by atoms with Gasteiger partial charge >= 0.3 is 5.97 Å². The molecule has 0 aromatic heterocycles. The Morgan fingerprint density at radius 2 is 2.04 bits per heavy atom. The van der Waals surface area contributed by atoms with Crippen LogP contribution in [0.1, 0.15) is 12.8 Å². The van der Waals surface area contributed by atoms with Crippen LogP contribution in [0.2, 0.25) is 0 Å². The molecule has 0 aromatic rings. The van der Waals surface area contributed by atoms with Gasteiger partial charge in [0.05, 0.1) is 19.6 Å². The van der Waals surface area contributed by atoms with Crippen molar-refractivity contribution in [3.05, 3.63) is 11.0 Å². The molecule has 0 heterocycles. The summed E-state index contributed by atoms with van der Waals surface area (Å²) in [5.41, 5.74) is 11.8. The first-order chi connectivity index (χ1) is 11.3. The highest BCUT2D eigenvalue weighted by Gasteiger charge is 2.19. The highest BCUT2D eigenvalue weighted by molar-refractivity contribution is 8.16. The van der Waals surface area contributed by atoms with E-state index in [4.69, 9.17) is 11.5 Å². The topological polar surface area (TPSA) is 145 Å². The van der Waals surface area contributed by atoms with Gasteiger partial charge in [0.25, 0.3) is 0 Å². The Balaban J connectivity index is 2.25. The minimum absolute atomic E-state index is 0.0523. The van der Waals surface area contributed by atoms with Crippen molar-refractivity contribution in [3.8, 4) is 0 Å². The van der Waals surface area contributed by atoms with Crippen molar-refractivity contribution in [2.24, 2.45) is 11.5 Å². The lowest BCUT2D eigenvalue weighted by Gasteiger charge is -2.17. The Kier molecular flexibility index (Phi) is 8.44. The molecule has 2 amide bonds. The van der Waals surface area contributed by atoms with Gasteiger partial charge in [-0.1, -0.05) is 17.3 Å². The standard InChI is InChI=1S/C14H22N4O5S/c1-18(6-13(21)24-8-9-2-3-9)11(19)5-17-14(22)10(16)7-23-12(20)4-15/h8,10H,2-7,15-16H2,1H3,(H,17,22)/t10-/m0/s1. The summed E-state index contributed by atoms with van der Waals surface area (Å²) in [6.45, 7) is -0.980. The van der Waals surface area contributed by atoms with Crippen LogP contribution in [0.3, 0.4) is 0 Å². The Hall–Kier alpha value is -1.91. The van der Waals surface area contributed by atoms with E-state index < -0.39 is 23.8 Å². The summed E-state index contributed by atoms with van der Waals surface area (Å²) in [6.07, 6.45) is 2.06. The fraction of sp³-hybridized carbons (Fsp3) is 0.571. The maximum Gasteiger partial charge on any atom is 0.319 e. The molecule has 0 bridgehead atoms. The number of esters is 1. The van der Waals surface area contributed by atoms with Crippen LogP contribution in [0.4, 0.5) is 0 Å². The zero-order valence-corrected chi connectivity index (χ0v) is 14.3. The van der Waals surface area contributed by atoms with Gasteiger partial charge in [-0.05, 0) is 18.2 Å². The molecule has 0 saturated heterocycles. The Labute approximate surface area is 144 Å². The molecule has 5 N–H and O–H groups in total. The third-order valence-electron chi connectivity index (χ3n) is 3.03. The summed E-state index contributed by atoms with van der Waals surface area (Å²) in [5, 5.41) is 3.99. The quantitative estimate of drug-likeness (QED) is 0.415.